The molecule has 3 aromatic heterocycles. The average Bonchev–Trinajstić information content (AvgIpc) is 3.05. The largest absolute Gasteiger partial charge is 0.255 e. The summed E-state index contributed by atoms with van der Waals surface area (Å²) in [6, 6.07) is 42.6. The zero-order valence-corrected chi connectivity index (χ0v) is 21.5. The fourth-order valence-corrected chi connectivity index (χ4v) is 4.89. The Balaban J connectivity index is 1.37. The van der Waals surface area contributed by atoms with Crippen LogP contribution in [0.5, 0.6) is 0 Å². The second kappa shape index (κ2) is 10.3. The van der Waals surface area contributed by atoms with Gasteiger partial charge in [-0.3, -0.25) is 9.97 Å². The molecule has 0 amide bonds. The van der Waals surface area contributed by atoms with Crippen molar-refractivity contribution in [3.8, 4) is 56.7 Å². The van der Waals surface area contributed by atoms with Gasteiger partial charge in [0, 0.05) is 34.6 Å². The number of rotatable bonds is 5. The first-order valence-corrected chi connectivity index (χ1v) is 13.1. The number of hydrogen-bond acceptors (Lipinski definition) is 5. The predicted octanol–water partition coefficient (Wildman–Crippen LogP) is 8.15. The highest BCUT2D eigenvalue weighted by Crippen LogP contribution is 2.35. The second-order valence-electron chi connectivity index (χ2n) is 9.39. The van der Waals surface area contributed by atoms with E-state index < -0.39 is 0 Å². The van der Waals surface area contributed by atoms with Crippen LogP contribution in [-0.2, 0) is 0 Å². The van der Waals surface area contributed by atoms with E-state index in [9.17, 15) is 0 Å². The molecular formula is C35H23N5. The number of nitrogens with zero attached hydrogens (tertiary/aromatic N) is 5. The van der Waals surface area contributed by atoms with Gasteiger partial charge < -0.3 is 0 Å². The van der Waals surface area contributed by atoms with Crippen molar-refractivity contribution in [2.24, 2.45) is 0 Å². The highest BCUT2D eigenvalue weighted by atomic mass is 15.0. The molecule has 0 radical (unpaired) electrons. The van der Waals surface area contributed by atoms with Crippen LogP contribution in [0, 0.1) is 0 Å². The number of hydrogen-bond donors (Lipinski definition) is 0. The summed E-state index contributed by atoms with van der Waals surface area (Å²) < 4.78 is 0. The standard InChI is InChI=1S/C35H23N5/c1-3-11-24(12-4-1)33-38-34(25-13-5-2-6-14-25)40-35(39-33)30-20-19-27(28-15-7-8-16-29(28)30)26-18-21-32(37-23-26)31-17-9-10-22-36-31/h1-23H. The van der Waals surface area contributed by atoms with Crippen LogP contribution >= 0.6 is 0 Å². The molecule has 0 aliphatic rings. The molecule has 0 saturated heterocycles. The molecule has 3 heterocycles. The Bertz CT molecular complexity index is 1860. The van der Waals surface area contributed by atoms with Gasteiger partial charge in [0.1, 0.15) is 0 Å². The molecule has 0 saturated carbocycles. The molecule has 0 bridgehead atoms. The smallest absolute Gasteiger partial charge is 0.164 e. The molecule has 5 heteroatoms. The highest BCUT2D eigenvalue weighted by Gasteiger charge is 2.16. The van der Waals surface area contributed by atoms with Crippen LogP contribution < -0.4 is 0 Å². The molecule has 7 aromatic rings. The van der Waals surface area contributed by atoms with E-state index in [0.717, 1.165) is 50.0 Å². The first-order valence-electron chi connectivity index (χ1n) is 13.1. The summed E-state index contributed by atoms with van der Waals surface area (Å²) in [5.41, 5.74) is 6.68. The van der Waals surface area contributed by atoms with E-state index in [1.165, 1.54) is 0 Å². The molecule has 0 N–H and O–H groups in total. The summed E-state index contributed by atoms with van der Waals surface area (Å²) in [4.78, 5) is 23.9. The lowest BCUT2D eigenvalue weighted by atomic mass is 9.95. The number of fused-ring (bicyclic) bond motifs is 1. The summed E-state index contributed by atoms with van der Waals surface area (Å²) in [6.45, 7) is 0. The van der Waals surface area contributed by atoms with Gasteiger partial charge in [0.05, 0.1) is 11.4 Å². The number of pyridine rings is 2. The molecular weight excluding hydrogens is 490 g/mol. The molecule has 188 valence electrons. The van der Waals surface area contributed by atoms with Crippen molar-refractivity contribution in [2.45, 2.75) is 0 Å². The van der Waals surface area contributed by atoms with Crippen LogP contribution in [0.25, 0.3) is 67.5 Å². The lowest BCUT2D eigenvalue weighted by molar-refractivity contribution is 1.08. The van der Waals surface area contributed by atoms with Crippen LogP contribution in [0.2, 0.25) is 0 Å². The van der Waals surface area contributed by atoms with E-state index in [-0.39, 0.29) is 0 Å². The van der Waals surface area contributed by atoms with Gasteiger partial charge in [0.25, 0.3) is 0 Å². The number of aromatic nitrogens is 5. The van der Waals surface area contributed by atoms with E-state index in [1.807, 2.05) is 91.1 Å². The van der Waals surface area contributed by atoms with Crippen molar-refractivity contribution in [1.82, 2.24) is 24.9 Å². The first kappa shape index (κ1) is 23.6. The fourth-order valence-electron chi connectivity index (χ4n) is 4.89. The van der Waals surface area contributed by atoms with Gasteiger partial charge in [-0.25, -0.2) is 15.0 Å². The maximum atomic E-state index is 4.96. The highest BCUT2D eigenvalue weighted by molar-refractivity contribution is 6.04. The summed E-state index contributed by atoms with van der Waals surface area (Å²) in [6.07, 6.45) is 3.69. The van der Waals surface area contributed by atoms with Crippen molar-refractivity contribution in [3.63, 3.8) is 0 Å². The molecule has 0 aliphatic heterocycles. The van der Waals surface area contributed by atoms with Crippen molar-refractivity contribution in [2.75, 3.05) is 0 Å². The minimum atomic E-state index is 0.638. The van der Waals surface area contributed by atoms with E-state index >= 15 is 0 Å². The van der Waals surface area contributed by atoms with E-state index in [2.05, 4.69) is 47.4 Å². The van der Waals surface area contributed by atoms with Crippen LogP contribution in [0.1, 0.15) is 0 Å². The lowest BCUT2D eigenvalue weighted by Crippen LogP contribution is -2.00. The van der Waals surface area contributed by atoms with Gasteiger partial charge in [0.15, 0.2) is 17.5 Å². The Hall–Kier alpha value is -5.55. The normalized spacial score (nSPS) is 11.0. The van der Waals surface area contributed by atoms with Crippen LogP contribution in [0.15, 0.2) is 140 Å². The van der Waals surface area contributed by atoms with E-state index in [0.29, 0.717) is 17.5 Å². The van der Waals surface area contributed by atoms with Crippen molar-refractivity contribution in [1.29, 1.82) is 0 Å². The van der Waals surface area contributed by atoms with Gasteiger partial charge in [-0.15, -0.1) is 0 Å². The Labute approximate surface area is 231 Å². The molecule has 0 unspecified atom stereocenters. The van der Waals surface area contributed by atoms with Gasteiger partial charge in [-0.2, -0.15) is 0 Å². The summed E-state index contributed by atoms with van der Waals surface area (Å²) in [7, 11) is 0. The molecule has 0 spiro atoms. The van der Waals surface area contributed by atoms with Crippen molar-refractivity contribution in [3.05, 3.63) is 140 Å². The maximum absolute atomic E-state index is 4.96. The zero-order chi connectivity index (χ0) is 26.7. The Morgan fingerprint density at radius 2 is 0.900 bits per heavy atom. The molecule has 0 fully saturated rings. The van der Waals surface area contributed by atoms with Crippen molar-refractivity contribution < 1.29 is 0 Å². The SMILES string of the molecule is c1ccc(-c2nc(-c3ccccc3)nc(-c3ccc(-c4ccc(-c5ccccn5)nc4)c4ccccc34)n2)cc1. The summed E-state index contributed by atoms with van der Waals surface area (Å²) in [5.74, 6) is 1.93. The van der Waals surface area contributed by atoms with E-state index in [4.69, 9.17) is 19.9 Å². The molecule has 40 heavy (non-hydrogen) atoms. The molecule has 0 atom stereocenters. The molecule has 4 aromatic carbocycles. The number of benzene rings is 4. The summed E-state index contributed by atoms with van der Waals surface area (Å²) in [5, 5.41) is 2.17. The third-order valence-electron chi connectivity index (χ3n) is 6.87. The zero-order valence-electron chi connectivity index (χ0n) is 21.5. The minimum absolute atomic E-state index is 0.638. The van der Waals surface area contributed by atoms with Gasteiger partial charge in [-0.1, -0.05) is 103 Å². The van der Waals surface area contributed by atoms with Gasteiger partial charge in [-0.05, 0) is 40.6 Å². The first-order chi connectivity index (χ1) is 19.8. The second-order valence-corrected chi connectivity index (χ2v) is 9.39. The maximum Gasteiger partial charge on any atom is 0.164 e. The Kier molecular flexibility index (Phi) is 6.07. The van der Waals surface area contributed by atoms with Crippen LogP contribution in [0.3, 0.4) is 0 Å². The predicted molar refractivity (Wildman–Crippen MR) is 160 cm³/mol. The van der Waals surface area contributed by atoms with Crippen LogP contribution in [-0.4, -0.2) is 24.9 Å². The average molecular weight is 514 g/mol. The third kappa shape index (κ3) is 4.50. The fraction of sp³-hybridized carbons (Fsp3) is 0. The quantitative estimate of drug-likeness (QED) is 0.232. The summed E-state index contributed by atoms with van der Waals surface area (Å²) >= 11 is 0. The van der Waals surface area contributed by atoms with Crippen molar-refractivity contribution >= 4 is 10.8 Å². The van der Waals surface area contributed by atoms with Gasteiger partial charge in [0.2, 0.25) is 0 Å². The third-order valence-corrected chi connectivity index (χ3v) is 6.87. The lowest BCUT2D eigenvalue weighted by Gasteiger charge is -2.13. The van der Waals surface area contributed by atoms with Gasteiger partial charge >= 0.3 is 0 Å². The monoisotopic (exact) mass is 513 g/mol. The minimum Gasteiger partial charge on any atom is -0.255 e. The van der Waals surface area contributed by atoms with Crippen LogP contribution in [0.4, 0.5) is 0 Å². The van der Waals surface area contributed by atoms with E-state index in [1.54, 1.807) is 6.20 Å². The molecule has 7 rings (SSSR count). The topological polar surface area (TPSA) is 64.5 Å². The molecule has 5 nitrogen and oxygen atoms in total. The Morgan fingerprint density at radius 1 is 0.350 bits per heavy atom. The Morgan fingerprint density at radius 3 is 1.50 bits per heavy atom. The molecule has 0 aliphatic carbocycles.